The molecule has 1 N–H and O–H groups in total. The zero-order chi connectivity index (χ0) is 17.7. The van der Waals surface area contributed by atoms with Gasteiger partial charge in [-0.1, -0.05) is 13.8 Å². The minimum atomic E-state index is -4.26. The fourth-order valence-corrected chi connectivity index (χ4v) is 3.90. The number of guanidine groups is 1. The summed E-state index contributed by atoms with van der Waals surface area (Å²) < 4.78 is 38.8. The Morgan fingerprint density at radius 1 is 1.50 bits per heavy atom. The topological polar surface area (TPSA) is 45.5 Å². The third-order valence-electron chi connectivity index (χ3n) is 3.90. The normalized spacial score (nSPS) is 19.9. The van der Waals surface area contributed by atoms with Gasteiger partial charge in [-0.25, -0.2) is 4.98 Å². The van der Waals surface area contributed by atoms with Gasteiger partial charge in [0.15, 0.2) is 5.96 Å². The monoisotopic (exact) mass is 363 g/mol. The quantitative estimate of drug-likeness (QED) is 0.660. The van der Waals surface area contributed by atoms with Crippen LogP contribution < -0.4 is 5.32 Å². The Bertz CT molecular complexity index is 556. The number of nitrogens with zero attached hydrogens (tertiary/aromatic N) is 4. The molecule has 1 aliphatic heterocycles. The van der Waals surface area contributed by atoms with Gasteiger partial charge in [-0.3, -0.25) is 4.99 Å². The van der Waals surface area contributed by atoms with Crippen molar-refractivity contribution in [1.29, 1.82) is 0 Å². The summed E-state index contributed by atoms with van der Waals surface area (Å²) in [5.74, 6) is 2.65. The van der Waals surface area contributed by atoms with Crippen LogP contribution in [0.3, 0.4) is 0 Å². The van der Waals surface area contributed by atoms with E-state index in [1.165, 1.54) is 12.4 Å². The maximum absolute atomic E-state index is 12.6. The second-order valence-electron chi connectivity index (χ2n) is 6.09. The minimum Gasteiger partial charge on any atom is -0.349 e. The molecule has 1 fully saturated rings. The molecule has 0 amide bonds. The van der Waals surface area contributed by atoms with Crippen molar-refractivity contribution in [3.63, 3.8) is 0 Å². The Morgan fingerprint density at radius 3 is 2.88 bits per heavy atom. The predicted molar refractivity (Wildman–Crippen MR) is 91.1 cm³/mol. The number of hydrogen-bond acceptors (Lipinski definition) is 3. The first kappa shape index (κ1) is 19.0. The van der Waals surface area contributed by atoms with Gasteiger partial charge in [-0.05, 0) is 5.92 Å². The third kappa shape index (κ3) is 5.32. The highest BCUT2D eigenvalue weighted by molar-refractivity contribution is 8.00. The maximum atomic E-state index is 12.6. The van der Waals surface area contributed by atoms with Crippen LogP contribution in [0, 0.1) is 5.92 Å². The maximum Gasteiger partial charge on any atom is 0.406 e. The Balaban J connectivity index is 1.96. The molecule has 2 heterocycles. The summed E-state index contributed by atoms with van der Waals surface area (Å²) in [7, 11) is 1.69. The number of aliphatic imine (C=N–C) groups is 1. The van der Waals surface area contributed by atoms with Gasteiger partial charge in [-0.15, -0.1) is 0 Å². The number of nitrogens with one attached hydrogen (secondary N) is 1. The van der Waals surface area contributed by atoms with Crippen molar-refractivity contribution in [1.82, 2.24) is 19.8 Å². The zero-order valence-electron chi connectivity index (χ0n) is 14.2. The van der Waals surface area contributed by atoms with Gasteiger partial charge in [0.05, 0.1) is 6.54 Å². The number of alkyl halides is 3. The van der Waals surface area contributed by atoms with Gasteiger partial charge in [0.2, 0.25) is 0 Å². The molecule has 9 heteroatoms. The Kier molecular flexibility index (Phi) is 6.42. The minimum absolute atomic E-state index is 0.214. The summed E-state index contributed by atoms with van der Waals surface area (Å²) in [5, 5.41) is 3.68. The van der Waals surface area contributed by atoms with Crippen LogP contribution in [0.2, 0.25) is 0 Å². The van der Waals surface area contributed by atoms with Crippen LogP contribution in [0.15, 0.2) is 17.4 Å². The molecule has 0 radical (unpaired) electrons. The lowest BCUT2D eigenvalue weighted by Crippen LogP contribution is -2.49. The predicted octanol–water partition coefficient (Wildman–Crippen LogP) is 2.59. The molecular weight excluding hydrogens is 339 g/mol. The summed E-state index contributed by atoms with van der Waals surface area (Å²) in [4.78, 5) is 10.5. The van der Waals surface area contributed by atoms with Gasteiger partial charge >= 0.3 is 6.18 Å². The fraction of sp³-hybridized carbons (Fsp3) is 0.733. The summed E-state index contributed by atoms with van der Waals surface area (Å²) >= 11 is 1.96. The van der Waals surface area contributed by atoms with Crippen LogP contribution in [0.4, 0.5) is 13.2 Å². The molecule has 24 heavy (non-hydrogen) atoms. The molecule has 2 rings (SSSR count). The molecule has 0 aromatic carbocycles. The standard InChI is InChI=1S/C15H24F3N5S/c1-11(2)12-9-22(6-7-24-12)14(19-3)21-8-13-20-4-5-23(13)10-15(16,17)18/h4-5,11-12H,6-10H2,1-3H3,(H,19,21). The van der Waals surface area contributed by atoms with E-state index in [0.717, 1.165) is 23.4 Å². The van der Waals surface area contributed by atoms with Crippen LogP contribution >= 0.6 is 11.8 Å². The first-order valence-electron chi connectivity index (χ1n) is 7.94. The highest BCUT2D eigenvalue weighted by atomic mass is 32.2. The fourth-order valence-electron chi connectivity index (χ4n) is 2.61. The third-order valence-corrected chi connectivity index (χ3v) is 5.44. The van der Waals surface area contributed by atoms with Crippen LogP contribution in [-0.4, -0.2) is 57.7 Å². The second-order valence-corrected chi connectivity index (χ2v) is 7.43. The second kappa shape index (κ2) is 8.13. The van der Waals surface area contributed by atoms with Gasteiger partial charge in [0.25, 0.3) is 0 Å². The largest absolute Gasteiger partial charge is 0.406 e. The van der Waals surface area contributed by atoms with Gasteiger partial charge in [0, 0.05) is 43.5 Å². The van der Waals surface area contributed by atoms with E-state index < -0.39 is 12.7 Å². The summed E-state index contributed by atoms with van der Waals surface area (Å²) in [6.07, 6.45) is -1.52. The molecule has 1 aromatic heterocycles. The number of thioether (sulfide) groups is 1. The molecular formula is C15H24F3N5S. The molecule has 1 aromatic rings. The first-order valence-corrected chi connectivity index (χ1v) is 8.99. The number of hydrogen-bond donors (Lipinski definition) is 1. The van der Waals surface area contributed by atoms with E-state index >= 15 is 0 Å². The lowest BCUT2D eigenvalue weighted by molar-refractivity contribution is -0.141. The average Bonchev–Trinajstić information content (AvgIpc) is 2.93. The number of imidazole rings is 1. The molecule has 0 bridgehead atoms. The van der Waals surface area contributed by atoms with E-state index in [1.807, 2.05) is 11.8 Å². The molecule has 1 atom stereocenters. The Morgan fingerprint density at radius 2 is 2.25 bits per heavy atom. The van der Waals surface area contributed by atoms with Gasteiger partial charge in [0.1, 0.15) is 12.4 Å². The summed E-state index contributed by atoms with van der Waals surface area (Å²) in [6.45, 7) is 5.35. The van der Waals surface area contributed by atoms with Crippen LogP contribution in [0.25, 0.3) is 0 Å². The highest BCUT2D eigenvalue weighted by Gasteiger charge is 2.29. The Labute approximate surface area is 144 Å². The van der Waals surface area contributed by atoms with E-state index in [4.69, 9.17) is 0 Å². The smallest absolute Gasteiger partial charge is 0.349 e. The SMILES string of the molecule is CN=C(NCc1nccn1CC(F)(F)F)N1CCSC(C(C)C)C1. The van der Waals surface area contributed by atoms with Crippen molar-refractivity contribution in [3.05, 3.63) is 18.2 Å². The van der Waals surface area contributed by atoms with Crippen molar-refractivity contribution >= 4 is 17.7 Å². The van der Waals surface area contributed by atoms with Crippen LogP contribution in [-0.2, 0) is 13.1 Å². The van der Waals surface area contributed by atoms with E-state index in [9.17, 15) is 13.2 Å². The molecule has 136 valence electrons. The number of aromatic nitrogens is 2. The van der Waals surface area contributed by atoms with Gasteiger partial charge in [-0.2, -0.15) is 24.9 Å². The molecule has 0 spiro atoms. The molecule has 1 saturated heterocycles. The van der Waals surface area contributed by atoms with Crippen molar-refractivity contribution in [2.75, 3.05) is 25.9 Å². The van der Waals surface area contributed by atoms with Crippen LogP contribution in [0.1, 0.15) is 19.7 Å². The molecule has 1 unspecified atom stereocenters. The van der Waals surface area contributed by atoms with Crippen molar-refractivity contribution in [2.45, 2.75) is 38.4 Å². The molecule has 0 saturated carbocycles. The van der Waals surface area contributed by atoms with Gasteiger partial charge < -0.3 is 14.8 Å². The number of halogens is 3. The lowest BCUT2D eigenvalue weighted by Gasteiger charge is -2.36. The molecule has 5 nitrogen and oxygen atoms in total. The molecule has 1 aliphatic rings. The van der Waals surface area contributed by atoms with E-state index in [-0.39, 0.29) is 6.54 Å². The van der Waals surface area contributed by atoms with E-state index in [0.29, 0.717) is 23.0 Å². The van der Waals surface area contributed by atoms with E-state index in [1.54, 1.807) is 7.05 Å². The van der Waals surface area contributed by atoms with E-state index in [2.05, 4.69) is 34.0 Å². The average molecular weight is 363 g/mol. The summed E-state index contributed by atoms with van der Waals surface area (Å²) in [5.41, 5.74) is 0. The highest BCUT2D eigenvalue weighted by Crippen LogP contribution is 2.25. The molecule has 0 aliphatic carbocycles. The van der Waals surface area contributed by atoms with Crippen molar-refractivity contribution in [3.8, 4) is 0 Å². The van der Waals surface area contributed by atoms with Crippen molar-refractivity contribution < 1.29 is 13.2 Å². The van der Waals surface area contributed by atoms with Crippen LogP contribution in [0.5, 0.6) is 0 Å². The Hall–Kier alpha value is -1.38. The number of rotatable bonds is 4. The first-order chi connectivity index (χ1) is 11.3. The lowest BCUT2D eigenvalue weighted by atomic mass is 10.1. The summed E-state index contributed by atoms with van der Waals surface area (Å²) in [6, 6.07) is 0. The zero-order valence-corrected chi connectivity index (χ0v) is 15.0. The van der Waals surface area contributed by atoms with Crippen molar-refractivity contribution in [2.24, 2.45) is 10.9 Å².